The van der Waals surface area contributed by atoms with Crippen molar-refractivity contribution in [3.8, 4) is 0 Å². The molecule has 0 aromatic rings. The molecule has 0 aliphatic rings. The molecule has 0 fully saturated rings. The van der Waals surface area contributed by atoms with Crippen molar-refractivity contribution in [1.82, 2.24) is 0 Å². The third kappa shape index (κ3) is 4.00. The summed E-state index contributed by atoms with van der Waals surface area (Å²) in [4.78, 5) is 22.0. The Kier molecular flexibility index (Phi) is 4.13. The second kappa shape index (κ2) is 4.35. The summed E-state index contributed by atoms with van der Waals surface area (Å²) in [5, 5.41) is 0. The van der Waals surface area contributed by atoms with Crippen LogP contribution in [0.25, 0.3) is 0 Å². The fraction of sp³-hybridized carbons (Fsp3) is 0.250. The Balaban J connectivity index is 4.07. The number of allylic oxidation sites excluding steroid dienone is 2. The Morgan fingerprint density at radius 3 is 1.45 bits per heavy atom. The molecule has 11 heavy (non-hydrogen) atoms. The molecule has 0 atom stereocenters. The van der Waals surface area contributed by atoms with E-state index in [1.807, 2.05) is 0 Å². The number of carbonyl (C=O) groups is 2. The van der Waals surface area contributed by atoms with Gasteiger partial charge in [0.15, 0.2) is 0 Å². The van der Waals surface area contributed by atoms with Crippen molar-refractivity contribution in [1.29, 1.82) is 0 Å². The van der Waals surface area contributed by atoms with E-state index in [1.165, 1.54) is 0 Å². The van der Waals surface area contributed by atoms with E-state index in [1.54, 1.807) is 13.8 Å². The van der Waals surface area contributed by atoms with Gasteiger partial charge < -0.3 is 0 Å². The van der Waals surface area contributed by atoms with Crippen LogP contribution in [0, 0.1) is 0 Å². The van der Waals surface area contributed by atoms with E-state index in [0.29, 0.717) is 11.1 Å². The summed E-state index contributed by atoms with van der Waals surface area (Å²) in [6, 6.07) is 0. The van der Waals surface area contributed by atoms with Crippen molar-refractivity contribution < 1.29 is 26.7 Å². The first kappa shape index (κ1) is 10.4. The fourth-order valence-corrected chi connectivity index (χ4v) is 2.33. The maximum atomic E-state index is 11.0. The monoisotopic (exact) mass is 202 g/mol. The molecule has 0 aromatic heterocycles. The molecular formula is C8H10O2Zn. The standard InChI is InChI=1S/2C4H5O.Zn/c2*1-4(2)3-5;/h2*1H2,2H3;. The van der Waals surface area contributed by atoms with Crippen molar-refractivity contribution in [2.24, 2.45) is 0 Å². The van der Waals surface area contributed by atoms with Crippen LogP contribution in [0.5, 0.6) is 0 Å². The summed E-state index contributed by atoms with van der Waals surface area (Å²) in [7, 11) is 0. The van der Waals surface area contributed by atoms with Gasteiger partial charge in [-0.2, -0.15) is 0 Å². The molecule has 0 aliphatic heterocycles. The van der Waals surface area contributed by atoms with Gasteiger partial charge in [-0.3, -0.25) is 0 Å². The van der Waals surface area contributed by atoms with E-state index < -0.39 is 17.1 Å². The van der Waals surface area contributed by atoms with Gasteiger partial charge in [0.25, 0.3) is 0 Å². The Hall–Kier alpha value is -0.557. The molecule has 0 heterocycles. The zero-order valence-corrected chi connectivity index (χ0v) is 9.90. The average molecular weight is 204 g/mol. The predicted molar refractivity (Wildman–Crippen MR) is 39.6 cm³/mol. The molecule has 0 saturated heterocycles. The van der Waals surface area contributed by atoms with Crippen LogP contribution in [0.3, 0.4) is 0 Å². The molecule has 2 nitrogen and oxygen atoms in total. The zero-order valence-electron chi connectivity index (χ0n) is 6.94. The van der Waals surface area contributed by atoms with Crippen LogP contribution in [-0.4, -0.2) is 8.76 Å². The SMILES string of the molecule is C=C(C)[C](=O)[Zn][C](=O)C(=C)C. The van der Waals surface area contributed by atoms with Crippen molar-refractivity contribution in [2.75, 3.05) is 0 Å². The van der Waals surface area contributed by atoms with Crippen LogP contribution in [-0.2, 0) is 26.7 Å². The van der Waals surface area contributed by atoms with Crippen LogP contribution >= 0.6 is 0 Å². The van der Waals surface area contributed by atoms with Crippen LogP contribution in [0.15, 0.2) is 24.3 Å². The van der Waals surface area contributed by atoms with Gasteiger partial charge in [0.1, 0.15) is 0 Å². The van der Waals surface area contributed by atoms with Gasteiger partial charge in [-0.25, -0.2) is 0 Å². The molecule has 0 amide bonds. The first-order valence-corrected chi connectivity index (χ1v) is 6.29. The average Bonchev–Trinajstić information content (AvgIpc) is 1.87. The van der Waals surface area contributed by atoms with Gasteiger partial charge in [-0.1, -0.05) is 0 Å². The van der Waals surface area contributed by atoms with Crippen molar-refractivity contribution in [3.63, 3.8) is 0 Å². The van der Waals surface area contributed by atoms with E-state index in [0.717, 1.165) is 0 Å². The predicted octanol–water partition coefficient (Wildman–Crippen LogP) is 1.27. The molecule has 0 saturated carbocycles. The molecule has 0 N–H and O–H groups in total. The summed E-state index contributed by atoms with van der Waals surface area (Å²) < 4.78 is -0.0454. The number of carbonyl (C=O) groups excluding carboxylic acids is 2. The normalized spacial score (nSPS) is 8.18. The minimum absolute atomic E-state index is 0.0227. The Bertz CT molecular complexity index is 204. The molecule has 0 radical (unpaired) electrons. The minimum atomic E-state index is -1.74. The van der Waals surface area contributed by atoms with Crippen molar-refractivity contribution >= 4 is 8.76 Å². The molecule has 56 valence electrons. The molecule has 0 aliphatic carbocycles. The van der Waals surface area contributed by atoms with E-state index >= 15 is 0 Å². The summed E-state index contributed by atoms with van der Waals surface area (Å²) in [5.41, 5.74) is 0.999. The Labute approximate surface area is 74.0 Å². The summed E-state index contributed by atoms with van der Waals surface area (Å²) in [6.07, 6.45) is 0. The van der Waals surface area contributed by atoms with Gasteiger partial charge in [-0.15, -0.1) is 0 Å². The first-order valence-electron chi connectivity index (χ1n) is 3.32. The van der Waals surface area contributed by atoms with Gasteiger partial charge in [0.2, 0.25) is 0 Å². The maximum absolute atomic E-state index is 11.0. The number of rotatable bonds is 4. The molecule has 0 unspecified atom stereocenters. The van der Waals surface area contributed by atoms with Crippen molar-refractivity contribution in [2.45, 2.75) is 13.8 Å². The Morgan fingerprint density at radius 2 is 1.27 bits per heavy atom. The second-order valence-corrected chi connectivity index (χ2v) is 6.02. The van der Waals surface area contributed by atoms with Gasteiger partial charge >= 0.3 is 73.6 Å². The van der Waals surface area contributed by atoms with Gasteiger partial charge in [0.05, 0.1) is 0 Å². The zero-order chi connectivity index (χ0) is 9.02. The van der Waals surface area contributed by atoms with Crippen LogP contribution in [0.4, 0.5) is 0 Å². The third-order valence-corrected chi connectivity index (χ3v) is 5.15. The van der Waals surface area contributed by atoms with Gasteiger partial charge in [-0.05, 0) is 0 Å². The quantitative estimate of drug-likeness (QED) is 0.510. The first-order chi connectivity index (χ1) is 4.95. The van der Waals surface area contributed by atoms with E-state index in [4.69, 9.17) is 0 Å². The third-order valence-electron chi connectivity index (χ3n) is 1.27. The number of hydrogen-bond acceptors (Lipinski definition) is 2. The van der Waals surface area contributed by atoms with E-state index in [2.05, 4.69) is 13.2 Å². The molecule has 0 aromatic carbocycles. The number of hydrogen-bond donors (Lipinski definition) is 0. The molecular weight excluding hydrogens is 193 g/mol. The topological polar surface area (TPSA) is 34.1 Å². The molecule has 0 bridgehead atoms. The molecule has 0 rings (SSSR count). The van der Waals surface area contributed by atoms with Gasteiger partial charge in [0, 0.05) is 0 Å². The molecule has 0 spiro atoms. The van der Waals surface area contributed by atoms with Crippen LogP contribution in [0.2, 0.25) is 0 Å². The second-order valence-electron chi connectivity index (χ2n) is 2.58. The van der Waals surface area contributed by atoms with Crippen LogP contribution < -0.4 is 0 Å². The molecule has 3 heteroatoms. The van der Waals surface area contributed by atoms with E-state index in [9.17, 15) is 9.59 Å². The summed E-state index contributed by atoms with van der Waals surface area (Å²) in [6.45, 7) is 10.2. The summed E-state index contributed by atoms with van der Waals surface area (Å²) >= 11 is -1.74. The Morgan fingerprint density at radius 1 is 1.00 bits per heavy atom. The fourth-order valence-electron chi connectivity index (χ4n) is 0.448. The van der Waals surface area contributed by atoms with Crippen LogP contribution in [0.1, 0.15) is 13.8 Å². The van der Waals surface area contributed by atoms with Crippen molar-refractivity contribution in [3.05, 3.63) is 24.3 Å². The summed E-state index contributed by atoms with van der Waals surface area (Å²) in [5.74, 6) is 0. The van der Waals surface area contributed by atoms with E-state index in [-0.39, 0.29) is 8.76 Å².